The predicted octanol–water partition coefficient (Wildman–Crippen LogP) is 3.18. The molecule has 2 heteroatoms. The van der Waals surface area contributed by atoms with Crippen LogP contribution in [0.3, 0.4) is 0 Å². The van der Waals surface area contributed by atoms with Crippen LogP contribution in [0.4, 0.5) is 0 Å². The van der Waals surface area contributed by atoms with Gasteiger partial charge in [-0.3, -0.25) is 0 Å². The van der Waals surface area contributed by atoms with E-state index in [2.05, 4.69) is 24.9 Å². The summed E-state index contributed by atoms with van der Waals surface area (Å²) in [4.78, 5) is 0. The zero-order valence-corrected chi connectivity index (χ0v) is 10.9. The number of rotatable bonds is 8. The quantitative estimate of drug-likeness (QED) is 0.696. The molecular weight excluding hydrogens is 210 g/mol. The van der Waals surface area contributed by atoms with Crippen molar-refractivity contribution in [2.45, 2.75) is 32.3 Å². The van der Waals surface area contributed by atoms with Crippen molar-refractivity contribution in [3.8, 4) is 5.75 Å². The lowest BCUT2D eigenvalue weighted by Crippen LogP contribution is -2.29. The van der Waals surface area contributed by atoms with E-state index in [0.717, 1.165) is 31.6 Å². The Hall–Kier alpha value is -1.28. The Morgan fingerprint density at radius 3 is 2.82 bits per heavy atom. The highest BCUT2D eigenvalue weighted by molar-refractivity contribution is 5.34. The molecule has 1 atom stereocenters. The summed E-state index contributed by atoms with van der Waals surface area (Å²) in [5.41, 5.74) is 1.21. The number of hydrogen-bond donors (Lipinski definition) is 1. The molecule has 1 unspecified atom stereocenters. The van der Waals surface area contributed by atoms with E-state index in [1.54, 1.807) is 0 Å². The molecule has 0 fully saturated rings. The van der Waals surface area contributed by atoms with Gasteiger partial charge in [0.15, 0.2) is 0 Å². The minimum atomic E-state index is 0.246. The van der Waals surface area contributed by atoms with E-state index in [4.69, 9.17) is 4.74 Å². The topological polar surface area (TPSA) is 21.3 Å². The summed E-state index contributed by atoms with van der Waals surface area (Å²) in [6.45, 7) is 6.85. The second-order valence-corrected chi connectivity index (χ2v) is 4.19. The van der Waals surface area contributed by atoms with E-state index in [0.29, 0.717) is 0 Å². The van der Waals surface area contributed by atoms with Gasteiger partial charge in [0, 0.05) is 6.54 Å². The van der Waals surface area contributed by atoms with Gasteiger partial charge in [0.2, 0.25) is 0 Å². The van der Waals surface area contributed by atoms with Crippen molar-refractivity contribution < 1.29 is 4.74 Å². The van der Waals surface area contributed by atoms with Crippen LogP contribution in [0.15, 0.2) is 36.9 Å². The van der Waals surface area contributed by atoms with E-state index in [1.807, 2.05) is 31.3 Å². The van der Waals surface area contributed by atoms with Gasteiger partial charge in [0.1, 0.15) is 11.9 Å². The smallest absolute Gasteiger partial charge is 0.123 e. The molecule has 0 saturated heterocycles. The first-order valence-corrected chi connectivity index (χ1v) is 6.31. The van der Waals surface area contributed by atoms with Crippen molar-refractivity contribution in [2.75, 3.05) is 13.6 Å². The normalized spacial score (nSPS) is 12.1. The van der Waals surface area contributed by atoms with Crippen molar-refractivity contribution in [3.05, 3.63) is 42.5 Å². The van der Waals surface area contributed by atoms with Gasteiger partial charge in [-0.15, -0.1) is 6.58 Å². The summed E-state index contributed by atoms with van der Waals surface area (Å²) >= 11 is 0. The maximum atomic E-state index is 6.07. The molecule has 0 aromatic heterocycles. The van der Waals surface area contributed by atoms with Crippen LogP contribution in [0, 0.1) is 0 Å². The Kier molecular flexibility index (Phi) is 6.41. The molecule has 0 radical (unpaired) electrons. The molecule has 0 aliphatic rings. The van der Waals surface area contributed by atoms with Gasteiger partial charge in [-0.25, -0.2) is 0 Å². The Bertz CT molecular complexity index is 329. The zero-order chi connectivity index (χ0) is 12.5. The number of allylic oxidation sites excluding steroid dienone is 1. The van der Waals surface area contributed by atoms with Crippen molar-refractivity contribution >= 4 is 0 Å². The maximum absolute atomic E-state index is 6.07. The van der Waals surface area contributed by atoms with Gasteiger partial charge in [-0.2, -0.15) is 0 Å². The summed E-state index contributed by atoms with van der Waals surface area (Å²) < 4.78 is 6.07. The third-order valence-electron chi connectivity index (χ3n) is 2.67. The highest BCUT2D eigenvalue weighted by Gasteiger charge is 2.10. The fraction of sp³-hybridized carbons (Fsp3) is 0.467. The molecule has 2 nitrogen and oxygen atoms in total. The van der Waals surface area contributed by atoms with Crippen LogP contribution in [0.1, 0.15) is 25.3 Å². The van der Waals surface area contributed by atoms with E-state index in [9.17, 15) is 0 Å². The Balaban J connectivity index is 2.72. The lowest BCUT2D eigenvalue weighted by atomic mass is 10.1. The fourth-order valence-corrected chi connectivity index (χ4v) is 1.87. The molecule has 0 spiro atoms. The average molecular weight is 233 g/mol. The fourth-order valence-electron chi connectivity index (χ4n) is 1.87. The lowest BCUT2D eigenvalue weighted by molar-refractivity contribution is 0.188. The van der Waals surface area contributed by atoms with Crippen LogP contribution >= 0.6 is 0 Å². The molecule has 0 bridgehead atoms. The number of nitrogens with one attached hydrogen (secondary N) is 1. The van der Waals surface area contributed by atoms with Gasteiger partial charge in [0.05, 0.1) is 0 Å². The van der Waals surface area contributed by atoms with Gasteiger partial charge in [-0.1, -0.05) is 37.6 Å². The first-order chi connectivity index (χ1) is 8.31. The standard InChI is InChI=1S/C15H23NO/c1-4-8-13-10-6-7-11-15(13)17-14(9-5-2)12-16-3/h4,6-7,10-11,14,16H,1,5,8-9,12H2,2-3H3. The Morgan fingerprint density at radius 2 is 2.18 bits per heavy atom. The molecular formula is C15H23NO. The lowest BCUT2D eigenvalue weighted by Gasteiger charge is -2.20. The first kappa shape index (κ1) is 13.8. The molecule has 94 valence electrons. The summed E-state index contributed by atoms with van der Waals surface area (Å²) in [5, 5.41) is 3.18. The van der Waals surface area contributed by atoms with Crippen molar-refractivity contribution in [3.63, 3.8) is 0 Å². The van der Waals surface area contributed by atoms with E-state index < -0.39 is 0 Å². The molecule has 0 saturated carbocycles. The second-order valence-electron chi connectivity index (χ2n) is 4.19. The molecule has 0 heterocycles. The number of para-hydroxylation sites is 1. The zero-order valence-electron chi connectivity index (χ0n) is 10.9. The highest BCUT2D eigenvalue weighted by Crippen LogP contribution is 2.21. The van der Waals surface area contributed by atoms with Crippen LogP contribution in [0.25, 0.3) is 0 Å². The van der Waals surface area contributed by atoms with Crippen LogP contribution in [-0.2, 0) is 6.42 Å². The first-order valence-electron chi connectivity index (χ1n) is 6.31. The van der Waals surface area contributed by atoms with Crippen molar-refractivity contribution in [1.82, 2.24) is 5.32 Å². The average Bonchev–Trinajstić information content (AvgIpc) is 2.33. The molecule has 17 heavy (non-hydrogen) atoms. The number of likely N-dealkylation sites (N-methyl/N-ethyl adjacent to an activating group) is 1. The molecule has 1 N–H and O–H groups in total. The summed E-state index contributed by atoms with van der Waals surface area (Å²) in [7, 11) is 1.96. The molecule has 1 aromatic rings. The van der Waals surface area contributed by atoms with E-state index in [1.165, 1.54) is 5.56 Å². The Morgan fingerprint density at radius 1 is 1.41 bits per heavy atom. The molecule has 0 amide bonds. The van der Waals surface area contributed by atoms with Gasteiger partial charge >= 0.3 is 0 Å². The van der Waals surface area contributed by atoms with Gasteiger partial charge in [-0.05, 0) is 31.5 Å². The number of hydrogen-bond acceptors (Lipinski definition) is 2. The molecule has 0 aliphatic carbocycles. The maximum Gasteiger partial charge on any atom is 0.123 e. The van der Waals surface area contributed by atoms with Crippen molar-refractivity contribution in [2.24, 2.45) is 0 Å². The molecule has 0 aliphatic heterocycles. The van der Waals surface area contributed by atoms with Crippen LogP contribution in [0.2, 0.25) is 0 Å². The molecule has 1 rings (SSSR count). The van der Waals surface area contributed by atoms with Crippen LogP contribution < -0.4 is 10.1 Å². The molecule has 1 aromatic carbocycles. The largest absolute Gasteiger partial charge is 0.489 e. The predicted molar refractivity (Wildman–Crippen MR) is 73.6 cm³/mol. The van der Waals surface area contributed by atoms with Gasteiger partial charge < -0.3 is 10.1 Å². The third kappa shape index (κ3) is 4.61. The summed E-state index contributed by atoms with van der Waals surface area (Å²) in [5.74, 6) is 0.987. The van der Waals surface area contributed by atoms with Crippen molar-refractivity contribution in [1.29, 1.82) is 0 Å². The van der Waals surface area contributed by atoms with Crippen LogP contribution in [0.5, 0.6) is 5.75 Å². The second kappa shape index (κ2) is 7.91. The number of ether oxygens (including phenoxy) is 1. The summed E-state index contributed by atoms with van der Waals surface area (Å²) in [6, 6.07) is 8.19. The SMILES string of the molecule is C=CCc1ccccc1OC(CCC)CNC. The van der Waals surface area contributed by atoms with E-state index in [-0.39, 0.29) is 6.10 Å². The third-order valence-corrected chi connectivity index (χ3v) is 2.67. The Labute approximate surface area is 105 Å². The van der Waals surface area contributed by atoms with E-state index >= 15 is 0 Å². The minimum absolute atomic E-state index is 0.246. The minimum Gasteiger partial charge on any atom is -0.489 e. The van der Waals surface area contributed by atoms with Crippen LogP contribution in [-0.4, -0.2) is 19.7 Å². The highest BCUT2D eigenvalue weighted by atomic mass is 16.5. The number of benzene rings is 1. The monoisotopic (exact) mass is 233 g/mol. The summed E-state index contributed by atoms with van der Waals surface area (Å²) in [6.07, 6.45) is 5.22. The van der Waals surface area contributed by atoms with Gasteiger partial charge in [0.25, 0.3) is 0 Å².